The maximum absolute atomic E-state index is 11.8. The minimum atomic E-state index is -0.538. The second kappa shape index (κ2) is 8.53. The minimum Gasteiger partial charge on any atom is -0.459 e. The number of carbonyl (C=O) groups is 2. The number of hydrogen-bond acceptors (Lipinski definition) is 6. The van der Waals surface area contributed by atoms with Crippen LogP contribution in [0.1, 0.15) is 15.2 Å². The van der Waals surface area contributed by atoms with Gasteiger partial charge >= 0.3 is 5.97 Å². The summed E-state index contributed by atoms with van der Waals surface area (Å²) in [4.78, 5) is 29.7. The predicted molar refractivity (Wildman–Crippen MR) is 105 cm³/mol. The third-order valence-corrected chi connectivity index (χ3v) is 5.50. The molecule has 26 heavy (non-hydrogen) atoms. The first kappa shape index (κ1) is 18.7. The van der Waals surface area contributed by atoms with Gasteiger partial charge in [-0.25, -0.2) is 4.98 Å². The zero-order valence-electron chi connectivity index (χ0n) is 13.8. The molecule has 3 rings (SSSR count). The Hall–Kier alpha value is -2.09. The Balaban J connectivity index is 1.59. The van der Waals surface area contributed by atoms with Crippen molar-refractivity contribution in [3.63, 3.8) is 0 Å². The van der Waals surface area contributed by atoms with Gasteiger partial charge in [0.05, 0.1) is 10.4 Å². The second-order valence-corrected chi connectivity index (χ2v) is 7.50. The Kier molecular flexibility index (Phi) is 6.13. The number of halogens is 1. The van der Waals surface area contributed by atoms with Crippen LogP contribution in [0, 0.1) is 0 Å². The van der Waals surface area contributed by atoms with Crippen molar-refractivity contribution in [2.24, 2.45) is 0 Å². The van der Waals surface area contributed by atoms with Crippen LogP contribution in [0.15, 0.2) is 46.7 Å². The van der Waals surface area contributed by atoms with Gasteiger partial charge in [0.15, 0.2) is 0 Å². The molecule has 1 aromatic carbocycles. The van der Waals surface area contributed by atoms with Crippen molar-refractivity contribution < 1.29 is 14.3 Å². The lowest BCUT2D eigenvalue weighted by Crippen LogP contribution is -2.30. The van der Waals surface area contributed by atoms with E-state index in [1.165, 1.54) is 11.3 Å². The summed E-state index contributed by atoms with van der Waals surface area (Å²) in [5.41, 5.74) is 1.41. The first-order chi connectivity index (χ1) is 12.6. The summed E-state index contributed by atoms with van der Waals surface area (Å²) in [7, 11) is 0. The molecule has 3 aromatic rings. The van der Waals surface area contributed by atoms with Crippen molar-refractivity contribution >= 4 is 57.5 Å². The summed E-state index contributed by atoms with van der Waals surface area (Å²) in [5.74, 6) is -0.837. The first-order valence-electron chi connectivity index (χ1n) is 7.67. The number of benzene rings is 1. The van der Waals surface area contributed by atoms with Crippen molar-refractivity contribution in [2.75, 3.05) is 12.8 Å². The number of nitrogens with zero attached hydrogens (tertiary/aromatic N) is 1. The number of pyridine rings is 1. The Bertz CT molecular complexity index is 945. The van der Waals surface area contributed by atoms with E-state index in [1.807, 2.05) is 30.5 Å². The number of fused-ring (bicyclic) bond motifs is 1. The van der Waals surface area contributed by atoms with Crippen LogP contribution >= 0.6 is 34.7 Å². The summed E-state index contributed by atoms with van der Waals surface area (Å²) < 4.78 is 5.19. The van der Waals surface area contributed by atoms with Crippen LogP contribution in [0.4, 0.5) is 0 Å². The van der Waals surface area contributed by atoms with Gasteiger partial charge in [-0.15, -0.1) is 23.1 Å². The molecule has 1 amide bonds. The third kappa shape index (κ3) is 4.55. The molecule has 0 bridgehead atoms. The molecule has 1 N–H and O–H groups in total. The van der Waals surface area contributed by atoms with E-state index in [-0.39, 0.29) is 19.1 Å². The van der Waals surface area contributed by atoms with Gasteiger partial charge < -0.3 is 10.1 Å². The fourth-order valence-electron chi connectivity index (χ4n) is 2.25. The first-order valence-corrected chi connectivity index (χ1v) is 10.2. The summed E-state index contributed by atoms with van der Waals surface area (Å²) in [6.45, 7) is -0.202. The van der Waals surface area contributed by atoms with E-state index >= 15 is 0 Å². The Labute approximate surface area is 163 Å². The van der Waals surface area contributed by atoms with Crippen molar-refractivity contribution in [3.05, 3.63) is 57.4 Å². The molecule has 0 aliphatic heterocycles. The van der Waals surface area contributed by atoms with E-state index in [2.05, 4.69) is 10.3 Å². The molecule has 0 aliphatic rings. The highest BCUT2D eigenvalue weighted by molar-refractivity contribution is 7.98. The number of thioether (sulfide) groups is 1. The normalized spacial score (nSPS) is 10.7. The number of thiophene rings is 1. The molecular weight excluding hydrogens is 392 g/mol. The predicted octanol–water partition coefficient (Wildman–Crippen LogP) is 4.14. The monoisotopic (exact) mass is 406 g/mol. The highest BCUT2D eigenvalue weighted by atomic mass is 35.5. The summed E-state index contributed by atoms with van der Waals surface area (Å²) >= 11 is 9.14. The van der Waals surface area contributed by atoms with Crippen LogP contribution in [0.3, 0.4) is 0 Å². The molecule has 2 aromatic heterocycles. The van der Waals surface area contributed by atoms with E-state index in [0.717, 1.165) is 15.8 Å². The maximum atomic E-state index is 11.8. The van der Waals surface area contributed by atoms with Crippen LogP contribution in [0.2, 0.25) is 5.15 Å². The molecule has 0 radical (unpaired) electrons. The summed E-state index contributed by atoms with van der Waals surface area (Å²) in [6, 6.07) is 11.2. The van der Waals surface area contributed by atoms with Gasteiger partial charge in [-0.1, -0.05) is 23.7 Å². The minimum absolute atomic E-state index is 0.000240. The van der Waals surface area contributed by atoms with E-state index in [1.54, 1.807) is 29.3 Å². The number of hydrogen-bond donors (Lipinski definition) is 1. The number of aromatic nitrogens is 1. The molecule has 0 aliphatic carbocycles. The smallest absolute Gasteiger partial charge is 0.325 e. The fraction of sp³-hybridized carbons (Fsp3) is 0.167. The van der Waals surface area contributed by atoms with Crippen molar-refractivity contribution in [1.29, 1.82) is 0 Å². The van der Waals surface area contributed by atoms with Crippen LogP contribution in [-0.4, -0.2) is 29.7 Å². The lowest BCUT2D eigenvalue weighted by atomic mass is 10.2. The Morgan fingerprint density at radius 2 is 2.15 bits per heavy atom. The highest BCUT2D eigenvalue weighted by Crippen LogP contribution is 2.25. The van der Waals surface area contributed by atoms with Gasteiger partial charge in [0, 0.05) is 15.8 Å². The number of amides is 1. The molecular formula is C18H15ClN2O3S2. The molecule has 0 saturated carbocycles. The summed E-state index contributed by atoms with van der Waals surface area (Å²) in [6.07, 6.45) is 1.99. The van der Waals surface area contributed by atoms with Crippen molar-refractivity contribution in [1.82, 2.24) is 10.3 Å². The molecule has 0 unspecified atom stereocenters. The number of ether oxygens (including phenoxy) is 1. The van der Waals surface area contributed by atoms with Gasteiger partial charge in [0.25, 0.3) is 5.91 Å². The zero-order valence-corrected chi connectivity index (χ0v) is 16.2. The average molecular weight is 407 g/mol. The van der Waals surface area contributed by atoms with Gasteiger partial charge in [0.2, 0.25) is 0 Å². The number of rotatable bonds is 6. The zero-order chi connectivity index (χ0) is 18.5. The van der Waals surface area contributed by atoms with E-state index in [9.17, 15) is 9.59 Å². The molecule has 0 saturated heterocycles. The fourth-order valence-corrected chi connectivity index (χ4v) is 3.53. The Morgan fingerprint density at radius 3 is 2.88 bits per heavy atom. The van der Waals surface area contributed by atoms with Gasteiger partial charge in [-0.05, 0) is 35.9 Å². The topological polar surface area (TPSA) is 68.3 Å². The van der Waals surface area contributed by atoms with Crippen molar-refractivity contribution in [2.45, 2.75) is 11.5 Å². The average Bonchev–Trinajstić information content (AvgIpc) is 3.18. The molecule has 5 nitrogen and oxygen atoms in total. The molecule has 0 fully saturated rings. The van der Waals surface area contributed by atoms with Gasteiger partial charge in [-0.2, -0.15) is 0 Å². The second-order valence-electron chi connectivity index (χ2n) is 5.32. The van der Waals surface area contributed by atoms with Crippen LogP contribution in [0.25, 0.3) is 10.9 Å². The van der Waals surface area contributed by atoms with Gasteiger partial charge in [-0.3, -0.25) is 9.59 Å². The maximum Gasteiger partial charge on any atom is 0.325 e. The molecule has 8 heteroatoms. The third-order valence-electron chi connectivity index (χ3n) is 3.58. The molecule has 134 valence electrons. The van der Waals surface area contributed by atoms with Gasteiger partial charge in [0.1, 0.15) is 18.3 Å². The van der Waals surface area contributed by atoms with Crippen molar-refractivity contribution in [3.8, 4) is 0 Å². The molecule has 0 spiro atoms. The number of esters is 1. The summed E-state index contributed by atoms with van der Waals surface area (Å²) in [5, 5.41) is 5.54. The lowest BCUT2D eigenvalue weighted by Gasteiger charge is -2.09. The number of carbonyl (C=O) groups excluding carboxylic acids is 2. The quantitative estimate of drug-likeness (QED) is 0.378. The number of nitrogens with one attached hydrogen (secondary N) is 1. The van der Waals surface area contributed by atoms with Crippen LogP contribution in [-0.2, 0) is 16.1 Å². The van der Waals surface area contributed by atoms with Crippen LogP contribution in [0.5, 0.6) is 0 Å². The molecule has 0 atom stereocenters. The van der Waals surface area contributed by atoms with Crippen LogP contribution < -0.4 is 5.32 Å². The van der Waals surface area contributed by atoms with E-state index in [4.69, 9.17) is 16.3 Å². The molecule has 2 heterocycles. The Morgan fingerprint density at radius 1 is 1.31 bits per heavy atom. The largest absolute Gasteiger partial charge is 0.459 e. The SMILES string of the molecule is CSc1ccc2cc(COC(=O)CNC(=O)c3cccs3)c(Cl)nc2c1. The van der Waals surface area contributed by atoms with E-state index < -0.39 is 5.97 Å². The standard InChI is InChI=1S/C18H15ClN2O3S2/c1-25-13-5-4-11-7-12(17(19)21-14(11)8-13)10-24-16(22)9-20-18(23)15-3-2-6-26-15/h2-8H,9-10H2,1H3,(H,20,23). The van der Waals surface area contributed by atoms with E-state index in [0.29, 0.717) is 15.6 Å². The lowest BCUT2D eigenvalue weighted by molar-refractivity contribution is -0.143. The highest BCUT2D eigenvalue weighted by Gasteiger charge is 2.12.